The van der Waals surface area contributed by atoms with E-state index in [0.717, 1.165) is 19.0 Å². The molecule has 2 rings (SSSR count). The van der Waals surface area contributed by atoms with E-state index in [1.807, 2.05) is 6.07 Å². The third-order valence-electron chi connectivity index (χ3n) is 3.09. The summed E-state index contributed by atoms with van der Waals surface area (Å²) in [5.41, 5.74) is 1.23. The zero-order valence-electron chi connectivity index (χ0n) is 9.98. The van der Waals surface area contributed by atoms with Gasteiger partial charge in [-0.05, 0) is 38.9 Å². The smallest absolute Gasteiger partial charge is 0.0947 e. The normalized spacial score (nSPS) is 17.2. The van der Waals surface area contributed by atoms with Gasteiger partial charge in [0.25, 0.3) is 0 Å². The predicted octanol–water partition coefficient (Wildman–Crippen LogP) is 2.13. The molecular weight excluding hydrogens is 224 g/mol. The number of nitrogens with zero attached hydrogens (tertiary/aromatic N) is 1. The Morgan fingerprint density at radius 3 is 2.75 bits per heavy atom. The lowest BCUT2D eigenvalue weighted by Crippen LogP contribution is -2.39. The second kappa shape index (κ2) is 6.28. The van der Waals surface area contributed by atoms with E-state index in [1.165, 1.54) is 18.4 Å². The minimum absolute atomic E-state index is 0. The quantitative estimate of drug-likeness (QED) is 0.831. The van der Waals surface area contributed by atoms with Gasteiger partial charge in [-0.15, -0.1) is 12.4 Å². The van der Waals surface area contributed by atoms with Crippen molar-refractivity contribution >= 4 is 12.4 Å². The summed E-state index contributed by atoms with van der Waals surface area (Å²) in [7, 11) is 4.34. The first kappa shape index (κ1) is 13.6. The van der Waals surface area contributed by atoms with Crippen LogP contribution in [0, 0.1) is 5.92 Å². The summed E-state index contributed by atoms with van der Waals surface area (Å²) in [6.45, 7) is 1.98. The van der Waals surface area contributed by atoms with Crippen LogP contribution in [0.5, 0.6) is 0 Å². The van der Waals surface area contributed by atoms with Crippen molar-refractivity contribution in [2.75, 3.05) is 20.6 Å². The summed E-state index contributed by atoms with van der Waals surface area (Å²) in [5.74, 6) is 0.914. The lowest BCUT2D eigenvalue weighted by atomic mass is 10.1. The Labute approximate surface area is 104 Å². The minimum Gasteiger partial charge on any atom is -0.472 e. The Bertz CT molecular complexity index is 281. The highest BCUT2D eigenvalue weighted by atomic mass is 35.5. The molecular formula is C12H21ClN2O. The average Bonchev–Trinajstić information content (AvgIpc) is 2.89. The van der Waals surface area contributed by atoms with Crippen LogP contribution in [0.25, 0.3) is 0 Å². The van der Waals surface area contributed by atoms with Crippen molar-refractivity contribution in [3.8, 4) is 0 Å². The second-order valence-corrected chi connectivity index (χ2v) is 4.63. The van der Waals surface area contributed by atoms with Gasteiger partial charge in [0, 0.05) is 24.7 Å². The van der Waals surface area contributed by atoms with Crippen molar-refractivity contribution in [2.45, 2.75) is 25.4 Å². The fourth-order valence-corrected chi connectivity index (χ4v) is 2.01. The third-order valence-corrected chi connectivity index (χ3v) is 3.09. The van der Waals surface area contributed by atoms with Gasteiger partial charge >= 0.3 is 0 Å². The fraction of sp³-hybridized carbons (Fsp3) is 0.667. The molecule has 1 aliphatic rings. The molecule has 4 heteroatoms. The van der Waals surface area contributed by atoms with Crippen molar-refractivity contribution in [3.05, 3.63) is 24.2 Å². The highest BCUT2D eigenvalue weighted by Gasteiger charge is 2.31. The summed E-state index contributed by atoms with van der Waals surface area (Å²) < 4.78 is 5.03. The van der Waals surface area contributed by atoms with Crippen molar-refractivity contribution in [1.82, 2.24) is 10.2 Å². The predicted molar refractivity (Wildman–Crippen MR) is 67.9 cm³/mol. The van der Waals surface area contributed by atoms with E-state index in [9.17, 15) is 0 Å². The van der Waals surface area contributed by atoms with Crippen LogP contribution in [-0.4, -0.2) is 31.6 Å². The maximum absolute atomic E-state index is 5.03. The molecule has 3 nitrogen and oxygen atoms in total. The van der Waals surface area contributed by atoms with Gasteiger partial charge in [-0.1, -0.05) is 0 Å². The van der Waals surface area contributed by atoms with Crippen molar-refractivity contribution in [2.24, 2.45) is 5.92 Å². The lowest BCUT2D eigenvalue weighted by molar-refractivity contribution is 0.255. The standard InChI is InChI=1S/C12H20N2O.ClH/c1-14(2)12(11-3-4-11)8-13-7-10-5-6-15-9-10;/h5-6,9,11-13H,3-4,7-8H2,1-2H3;1H. The topological polar surface area (TPSA) is 28.4 Å². The zero-order valence-corrected chi connectivity index (χ0v) is 10.8. The Balaban J connectivity index is 0.00000128. The number of nitrogens with one attached hydrogen (secondary N) is 1. The number of likely N-dealkylation sites (N-methyl/N-ethyl adjacent to an activating group) is 1. The van der Waals surface area contributed by atoms with Gasteiger partial charge in [0.2, 0.25) is 0 Å². The first-order valence-electron chi connectivity index (χ1n) is 5.65. The average molecular weight is 245 g/mol. The molecule has 16 heavy (non-hydrogen) atoms. The van der Waals surface area contributed by atoms with Crippen LogP contribution in [0.3, 0.4) is 0 Å². The molecule has 1 aromatic rings. The molecule has 1 unspecified atom stereocenters. The Hall–Kier alpha value is -0.510. The Morgan fingerprint density at radius 2 is 2.25 bits per heavy atom. The number of hydrogen-bond donors (Lipinski definition) is 1. The lowest BCUT2D eigenvalue weighted by Gasteiger charge is -2.24. The van der Waals surface area contributed by atoms with E-state index in [0.29, 0.717) is 6.04 Å². The number of rotatable bonds is 6. The highest BCUT2D eigenvalue weighted by Crippen LogP contribution is 2.34. The van der Waals surface area contributed by atoms with Gasteiger partial charge in [0.15, 0.2) is 0 Å². The second-order valence-electron chi connectivity index (χ2n) is 4.63. The number of halogens is 1. The van der Waals surface area contributed by atoms with E-state index < -0.39 is 0 Å². The molecule has 0 amide bonds. The SMILES string of the molecule is CN(C)C(CNCc1ccoc1)C1CC1.Cl. The summed E-state index contributed by atoms with van der Waals surface area (Å²) in [6.07, 6.45) is 6.32. The monoisotopic (exact) mass is 244 g/mol. The minimum atomic E-state index is 0. The van der Waals surface area contributed by atoms with Gasteiger partial charge in [-0.25, -0.2) is 0 Å². The molecule has 1 aliphatic carbocycles. The zero-order chi connectivity index (χ0) is 10.7. The van der Waals surface area contributed by atoms with E-state index in [-0.39, 0.29) is 12.4 Å². The first-order chi connectivity index (χ1) is 7.27. The van der Waals surface area contributed by atoms with Crippen LogP contribution in [0.2, 0.25) is 0 Å². The van der Waals surface area contributed by atoms with E-state index >= 15 is 0 Å². The summed E-state index contributed by atoms with van der Waals surface area (Å²) in [6, 6.07) is 2.70. The van der Waals surface area contributed by atoms with Gasteiger partial charge in [0.1, 0.15) is 0 Å². The Kier molecular flexibility index (Phi) is 5.32. The molecule has 0 radical (unpaired) electrons. The maximum Gasteiger partial charge on any atom is 0.0947 e. The maximum atomic E-state index is 5.03. The van der Waals surface area contributed by atoms with E-state index in [1.54, 1.807) is 12.5 Å². The van der Waals surface area contributed by atoms with E-state index in [2.05, 4.69) is 24.3 Å². The van der Waals surface area contributed by atoms with Gasteiger partial charge < -0.3 is 14.6 Å². The molecule has 0 aromatic carbocycles. The third kappa shape index (κ3) is 3.81. The summed E-state index contributed by atoms with van der Waals surface area (Å²) in [4.78, 5) is 2.33. The molecule has 1 aromatic heterocycles. The molecule has 0 spiro atoms. The van der Waals surface area contributed by atoms with Crippen molar-refractivity contribution in [3.63, 3.8) is 0 Å². The van der Waals surface area contributed by atoms with E-state index in [4.69, 9.17) is 4.42 Å². The van der Waals surface area contributed by atoms with Crippen LogP contribution in [0.15, 0.2) is 23.0 Å². The summed E-state index contributed by atoms with van der Waals surface area (Å²) >= 11 is 0. The first-order valence-corrected chi connectivity index (χ1v) is 5.65. The molecule has 1 atom stereocenters. The van der Waals surface area contributed by atoms with Crippen molar-refractivity contribution < 1.29 is 4.42 Å². The molecule has 92 valence electrons. The molecule has 0 saturated heterocycles. The van der Waals surface area contributed by atoms with Gasteiger partial charge in [0.05, 0.1) is 12.5 Å². The molecule has 1 heterocycles. The molecule has 0 bridgehead atoms. The summed E-state index contributed by atoms with van der Waals surface area (Å²) in [5, 5.41) is 3.49. The van der Waals surface area contributed by atoms with Crippen LogP contribution < -0.4 is 5.32 Å². The number of furan rings is 1. The van der Waals surface area contributed by atoms with Gasteiger partial charge in [-0.2, -0.15) is 0 Å². The van der Waals surface area contributed by atoms with Crippen LogP contribution in [-0.2, 0) is 6.54 Å². The van der Waals surface area contributed by atoms with Crippen LogP contribution in [0.1, 0.15) is 18.4 Å². The van der Waals surface area contributed by atoms with Crippen molar-refractivity contribution in [1.29, 1.82) is 0 Å². The molecule has 1 N–H and O–H groups in total. The largest absolute Gasteiger partial charge is 0.472 e. The molecule has 1 fully saturated rings. The molecule has 0 aliphatic heterocycles. The molecule has 1 saturated carbocycles. The highest BCUT2D eigenvalue weighted by molar-refractivity contribution is 5.85. The van der Waals surface area contributed by atoms with Gasteiger partial charge in [-0.3, -0.25) is 0 Å². The van der Waals surface area contributed by atoms with Crippen LogP contribution in [0.4, 0.5) is 0 Å². The fourth-order valence-electron chi connectivity index (χ4n) is 2.01. The van der Waals surface area contributed by atoms with Crippen LogP contribution >= 0.6 is 12.4 Å². The Morgan fingerprint density at radius 1 is 1.50 bits per heavy atom. The number of hydrogen-bond acceptors (Lipinski definition) is 3.